The standard InChI is InChI=1S/C11H13N3O2S/c1-7-9(8(2)16-13-7)6-10(15)12-11-14(3)4-5-17-11/h4-5H,6H2,1-3H3. The van der Waals surface area contributed by atoms with Crippen LogP contribution in [0.1, 0.15) is 17.0 Å². The van der Waals surface area contributed by atoms with Crippen molar-refractivity contribution in [1.29, 1.82) is 0 Å². The van der Waals surface area contributed by atoms with Gasteiger partial charge >= 0.3 is 0 Å². The van der Waals surface area contributed by atoms with Gasteiger partial charge in [0.2, 0.25) is 0 Å². The molecule has 0 aromatic carbocycles. The Morgan fingerprint density at radius 1 is 1.59 bits per heavy atom. The monoisotopic (exact) mass is 251 g/mol. The average Bonchev–Trinajstić information content (AvgIpc) is 2.80. The lowest BCUT2D eigenvalue weighted by atomic mass is 10.1. The maximum atomic E-state index is 11.8. The Hall–Kier alpha value is -1.69. The van der Waals surface area contributed by atoms with E-state index in [1.54, 1.807) is 6.92 Å². The zero-order valence-corrected chi connectivity index (χ0v) is 10.7. The quantitative estimate of drug-likeness (QED) is 0.809. The van der Waals surface area contributed by atoms with Crippen molar-refractivity contribution in [2.45, 2.75) is 20.3 Å². The van der Waals surface area contributed by atoms with Crippen LogP contribution in [-0.2, 0) is 18.3 Å². The van der Waals surface area contributed by atoms with Crippen molar-refractivity contribution in [1.82, 2.24) is 9.72 Å². The lowest BCUT2D eigenvalue weighted by molar-refractivity contribution is -0.117. The van der Waals surface area contributed by atoms with Crippen LogP contribution in [0, 0.1) is 13.8 Å². The maximum absolute atomic E-state index is 11.8. The number of thiazole rings is 1. The molecule has 0 fully saturated rings. The van der Waals surface area contributed by atoms with Gasteiger partial charge in [0.15, 0.2) is 4.80 Å². The number of amides is 1. The first kappa shape index (κ1) is 11.8. The molecule has 2 heterocycles. The van der Waals surface area contributed by atoms with Crippen LogP contribution in [-0.4, -0.2) is 15.6 Å². The van der Waals surface area contributed by atoms with Crippen molar-refractivity contribution >= 4 is 17.2 Å². The van der Waals surface area contributed by atoms with E-state index in [1.807, 2.05) is 30.1 Å². The molecule has 0 atom stereocenters. The van der Waals surface area contributed by atoms with Crippen molar-refractivity contribution in [3.63, 3.8) is 0 Å². The van der Waals surface area contributed by atoms with Crippen molar-refractivity contribution < 1.29 is 9.32 Å². The minimum absolute atomic E-state index is 0.183. The van der Waals surface area contributed by atoms with Crippen LogP contribution < -0.4 is 4.80 Å². The molecule has 0 saturated carbocycles. The molecule has 2 rings (SSSR count). The molecule has 90 valence electrons. The summed E-state index contributed by atoms with van der Waals surface area (Å²) in [4.78, 5) is 16.5. The molecule has 17 heavy (non-hydrogen) atoms. The van der Waals surface area contributed by atoms with E-state index in [4.69, 9.17) is 4.52 Å². The molecule has 2 aromatic heterocycles. The van der Waals surface area contributed by atoms with E-state index in [0.717, 1.165) is 11.3 Å². The van der Waals surface area contributed by atoms with Gasteiger partial charge < -0.3 is 9.09 Å². The van der Waals surface area contributed by atoms with Gasteiger partial charge in [0.25, 0.3) is 5.91 Å². The zero-order chi connectivity index (χ0) is 12.4. The van der Waals surface area contributed by atoms with E-state index in [-0.39, 0.29) is 12.3 Å². The molecule has 0 spiro atoms. The zero-order valence-electron chi connectivity index (χ0n) is 9.93. The SMILES string of the molecule is Cc1noc(C)c1CC(=O)N=c1sccn1C. The van der Waals surface area contributed by atoms with Gasteiger partial charge in [-0.1, -0.05) is 5.16 Å². The maximum Gasteiger partial charge on any atom is 0.252 e. The molecule has 0 aliphatic carbocycles. The van der Waals surface area contributed by atoms with Gasteiger partial charge in [-0.15, -0.1) is 11.3 Å². The highest BCUT2D eigenvalue weighted by Crippen LogP contribution is 2.13. The van der Waals surface area contributed by atoms with E-state index in [0.29, 0.717) is 10.6 Å². The summed E-state index contributed by atoms with van der Waals surface area (Å²) < 4.78 is 6.82. The molecule has 0 aliphatic heterocycles. The first-order chi connectivity index (χ1) is 8.08. The molecule has 1 amide bonds. The summed E-state index contributed by atoms with van der Waals surface area (Å²) in [5.74, 6) is 0.499. The van der Waals surface area contributed by atoms with Crippen LogP contribution in [0.4, 0.5) is 0 Å². The average molecular weight is 251 g/mol. The van der Waals surface area contributed by atoms with Crippen molar-refractivity contribution in [2.24, 2.45) is 12.0 Å². The minimum Gasteiger partial charge on any atom is -0.361 e. The van der Waals surface area contributed by atoms with Gasteiger partial charge in [0.05, 0.1) is 12.1 Å². The topological polar surface area (TPSA) is 60.4 Å². The van der Waals surface area contributed by atoms with Crippen molar-refractivity contribution in [3.05, 3.63) is 33.4 Å². The Bertz CT molecular complexity index is 587. The summed E-state index contributed by atoms with van der Waals surface area (Å²) in [6, 6.07) is 0. The minimum atomic E-state index is -0.183. The Labute approximate surface area is 102 Å². The molecule has 0 aliphatic rings. The Morgan fingerprint density at radius 2 is 2.35 bits per heavy atom. The van der Waals surface area contributed by atoms with Gasteiger partial charge in [-0.2, -0.15) is 4.99 Å². The number of hydrogen-bond donors (Lipinski definition) is 0. The van der Waals surface area contributed by atoms with Crippen LogP contribution in [0.2, 0.25) is 0 Å². The normalized spacial score (nSPS) is 12.1. The third-order valence-corrected chi connectivity index (χ3v) is 3.34. The molecular formula is C11H13N3O2S. The highest BCUT2D eigenvalue weighted by atomic mass is 32.1. The van der Waals surface area contributed by atoms with Crippen LogP contribution in [0.5, 0.6) is 0 Å². The van der Waals surface area contributed by atoms with Gasteiger partial charge in [0, 0.05) is 24.2 Å². The molecule has 0 saturated heterocycles. The molecule has 6 heteroatoms. The van der Waals surface area contributed by atoms with Crippen LogP contribution in [0.15, 0.2) is 21.1 Å². The van der Waals surface area contributed by atoms with Crippen molar-refractivity contribution in [3.8, 4) is 0 Å². The lowest BCUT2D eigenvalue weighted by Crippen LogP contribution is -2.13. The number of carbonyl (C=O) groups is 1. The fraction of sp³-hybridized carbons (Fsp3) is 0.364. The number of nitrogens with zero attached hydrogens (tertiary/aromatic N) is 3. The van der Waals surface area contributed by atoms with Crippen LogP contribution in [0.3, 0.4) is 0 Å². The predicted molar refractivity (Wildman–Crippen MR) is 63.5 cm³/mol. The summed E-state index contributed by atoms with van der Waals surface area (Å²) in [6.45, 7) is 3.62. The molecule has 5 nitrogen and oxygen atoms in total. The van der Waals surface area contributed by atoms with Crippen LogP contribution >= 0.6 is 11.3 Å². The smallest absolute Gasteiger partial charge is 0.252 e. The van der Waals surface area contributed by atoms with E-state index in [1.165, 1.54) is 11.3 Å². The first-order valence-corrected chi connectivity index (χ1v) is 6.05. The third-order valence-electron chi connectivity index (χ3n) is 2.49. The second-order valence-electron chi connectivity index (χ2n) is 3.78. The fourth-order valence-electron chi connectivity index (χ4n) is 1.49. The number of carbonyl (C=O) groups excluding carboxylic acids is 1. The largest absolute Gasteiger partial charge is 0.361 e. The molecule has 0 N–H and O–H groups in total. The molecular weight excluding hydrogens is 238 g/mol. The Kier molecular flexibility index (Phi) is 3.23. The summed E-state index contributed by atoms with van der Waals surface area (Å²) in [6.07, 6.45) is 2.10. The van der Waals surface area contributed by atoms with E-state index < -0.39 is 0 Å². The lowest BCUT2D eigenvalue weighted by Gasteiger charge is -1.95. The Balaban J connectivity index is 2.22. The number of hydrogen-bond acceptors (Lipinski definition) is 4. The summed E-state index contributed by atoms with van der Waals surface area (Å²) >= 11 is 1.44. The summed E-state index contributed by atoms with van der Waals surface area (Å²) in [5, 5.41) is 5.70. The highest BCUT2D eigenvalue weighted by Gasteiger charge is 2.12. The van der Waals surface area contributed by atoms with Gasteiger partial charge in [-0.05, 0) is 13.8 Å². The van der Waals surface area contributed by atoms with E-state index >= 15 is 0 Å². The molecule has 2 aromatic rings. The second kappa shape index (κ2) is 4.67. The molecule has 0 radical (unpaired) electrons. The summed E-state index contributed by atoms with van der Waals surface area (Å²) in [7, 11) is 1.86. The summed E-state index contributed by atoms with van der Waals surface area (Å²) in [5.41, 5.74) is 1.58. The van der Waals surface area contributed by atoms with Crippen LogP contribution in [0.25, 0.3) is 0 Å². The van der Waals surface area contributed by atoms with E-state index in [9.17, 15) is 4.79 Å². The highest BCUT2D eigenvalue weighted by molar-refractivity contribution is 7.07. The first-order valence-electron chi connectivity index (χ1n) is 5.17. The molecule has 0 bridgehead atoms. The number of aryl methyl sites for hydroxylation is 3. The fourth-order valence-corrected chi connectivity index (χ4v) is 2.23. The third kappa shape index (κ3) is 2.52. The predicted octanol–water partition coefficient (Wildman–Crippen LogP) is 1.36. The van der Waals surface area contributed by atoms with Gasteiger partial charge in [-0.25, -0.2) is 0 Å². The number of rotatable bonds is 2. The van der Waals surface area contributed by atoms with Gasteiger partial charge in [0.1, 0.15) is 5.76 Å². The second-order valence-corrected chi connectivity index (χ2v) is 4.65. The molecule has 0 unspecified atom stereocenters. The van der Waals surface area contributed by atoms with Gasteiger partial charge in [-0.3, -0.25) is 4.79 Å². The van der Waals surface area contributed by atoms with E-state index in [2.05, 4.69) is 10.1 Å². The van der Waals surface area contributed by atoms with Crippen molar-refractivity contribution in [2.75, 3.05) is 0 Å². The number of aromatic nitrogens is 2. The Morgan fingerprint density at radius 3 is 2.88 bits per heavy atom.